The summed E-state index contributed by atoms with van der Waals surface area (Å²) in [5.74, 6) is 2.10. The van der Waals surface area contributed by atoms with E-state index in [0.717, 1.165) is 5.56 Å². The van der Waals surface area contributed by atoms with Crippen molar-refractivity contribution in [3.63, 3.8) is 0 Å². The molecule has 0 spiro atoms. The van der Waals surface area contributed by atoms with Crippen molar-refractivity contribution in [3.8, 4) is 11.5 Å². The second-order valence-electron chi connectivity index (χ2n) is 7.43. The first-order valence-electron chi connectivity index (χ1n) is 8.92. The summed E-state index contributed by atoms with van der Waals surface area (Å²) in [4.78, 5) is 12.9. The summed E-state index contributed by atoms with van der Waals surface area (Å²) in [5, 5.41) is 11.4. The molecular formula is C22H25ClO4Si. The van der Waals surface area contributed by atoms with Crippen molar-refractivity contribution in [1.82, 2.24) is 0 Å². The zero-order valence-electron chi connectivity index (χ0n) is 16.5. The van der Waals surface area contributed by atoms with Gasteiger partial charge in [-0.2, -0.15) is 0 Å². The average Bonchev–Trinajstić information content (AvgIpc) is 2.67. The highest BCUT2D eigenvalue weighted by Crippen LogP contribution is 2.34. The van der Waals surface area contributed by atoms with E-state index in [4.69, 9.17) is 21.1 Å². The van der Waals surface area contributed by atoms with Crippen LogP contribution in [0.4, 0.5) is 0 Å². The maximum absolute atomic E-state index is 12.9. The number of hydrogen-bond acceptors (Lipinski definition) is 4. The number of ether oxygens (including phenoxy) is 2. The highest BCUT2D eigenvalue weighted by Gasteiger charge is 2.49. The summed E-state index contributed by atoms with van der Waals surface area (Å²) < 4.78 is 11.1. The van der Waals surface area contributed by atoms with Crippen LogP contribution in [0.5, 0.6) is 0 Å². The molecule has 2 aromatic carbocycles. The second-order valence-corrected chi connectivity index (χ2v) is 12.6. The van der Waals surface area contributed by atoms with E-state index in [0.29, 0.717) is 10.6 Å². The summed E-state index contributed by atoms with van der Waals surface area (Å²) in [7, 11) is -0.541. The molecule has 0 saturated carbocycles. The highest BCUT2D eigenvalue weighted by molar-refractivity contribution is 6.83. The van der Waals surface area contributed by atoms with E-state index in [2.05, 4.69) is 31.1 Å². The Morgan fingerprint density at radius 1 is 1.18 bits per heavy atom. The summed E-state index contributed by atoms with van der Waals surface area (Å²) in [5.41, 5.74) is 2.53. The largest absolute Gasteiger partial charge is 0.467 e. The van der Waals surface area contributed by atoms with Gasteiger partial charge >= 0.3 is 5.97 Å². The van der Waals surface area contributed by atoms with Crippen LogP contribution in [-0.2, 0) is 26.5 Å². The van der Waals surface area contributed by atoms with Crippen molar-refractivity contribution < 1.29 is 19.4 Å². The predicted octanol–water partition coefficient (Wildman–Crippen LogP) is 4.17. The number of carbonyl (C=O) groups excluding carboxylic acids is 1. The molecule has 0 bridgehead atoms. The third kappa shape index (κ3) is 5.46. The topological polar surface area (TPSA) is 55.8 Å². The molecule has 0 fully saturated rings. The Labute approximate surface area is 172 Å². The molecule has 148 valence electrons. The van der Waals surface area contributed by atoms with E-state index in [9.17, 15) is 9.90 Å². The summed E-state index contributed by atoms with van der Waals surface area (Å²) in [6.07, 6.45) is -1.42. The molecule has 2 atom stereocenters. The third-order valence-electron chi connectivity index (χ3n) is 4.02. The van der Waals surface area contributed by atoms with Gasteiger partial charge in [-0.05, 0) is 17.7 Å². The van der Waals surface area contributed by atoms with Crippen molar-refractivity contribution in [2.75, 3.05) is 7.11 Å². The van der Waals surface area contributed by atoms with Gasteiger partial charge in [-0.3, -0.25) is 0 Å². The van der Waals surface area contributed by atoms with Crippen molar-refractivity contribution in [2.24, 2.45) is 0 Å². The monoisotopic (exact) mass is 416 g/mol. The Kier molecular flexibility index (Phi) is 7.45. The quantitative estimate of drug-likeness (QED) is 0.436. The van der Waals surface area contributed by atoms with Crippen LogP contribution in [-0.4, -0.2) is 32.4 Å². The number of esters is 1. The molecular weight excluding hydrogens is 392 g/mol. The number of carbonyl (C=O) groups is 1. The van der Waals surface area contributed by atoms with Gasteiger partial charge in [0.05, 0.1) is 13.7 Å². The van der Waals surface area contributed by atoms with Crippen LogP contribution in [0.1, 0.15) is 11.1 Å². The number of rotatable bonds is 6. The molecule has 4 nitrogen and oxygen atoms in total. The van der Waals surface area contributed by atoms with Gasteiger partial charge in [-0.1, -0.05) is 79.6 Å². The molecule has 28 heavy (non-hydrogen) atoms. The summed E-state index contributed by atoms with van der Waals surface area (Å²) in [6.45, 7) is 6.25. The predicted molar refractivity (Wildman–Crippen MR) is 114 cm³/mol. The van der Waals surface area contributed by atoms with E-state index in [1.807, 2.05) is 30.3 Å². The van der Waals surface area contributed by atoms with Crippen LogP contribution in [0.2, 0.25) is 24.7 Å². The number of halogens is 1. The zero-order valence-corrected chi connectivity index (χ0v) is 18.3. The maximum Gasteiger partial charge on any atom is 0.346 e. The molecule has 0 unspecified atom stereocenters. The highest BCUT2D eigenvalue weighted by atomic mass is 35.5. The minimum absolute atomic E-state index is 0.0914. The number of aliphatic hydroxyl groups is 1. The molecule has 0 aromatic heterocycles. The lowest BCUT2D eigenvalue weighted by atomic mass is 9.87. The number of hydrogen-bond donors (Lipinski definition) is 1. The zero-order chi connectivity index (χ0) is 20.8. The van der Waals surface area contributed by atoms with Gasteiger partial charge in [0, 0.05) is 10.6 Å². The normalized spacial score (nSPS) is 14.4. The van der Waals surface area contributed by atoms with Gasteiger partial charge in [0.15, 0.2) is 6.10 Å². The standard InChI is InChI=1S/C22H25ClO4Si/c1-26-21(25)22(18-11-8-12-19(23)15-18,20(24)13-14-28(2,3)4)27-16-17-9-6-5-7-10-17/h5-12,15,20,24H,16H2,1-4H3/t20-,22-/m1/s1. The molecule has 2 rings (SSSR count). The molecule has 0 saturated heterocycles. The number of benzene rings is 2. The molecule has 0 aliphatic carbocycles. The second kappa shape index (κ2) is 9.40. The lowest BCUT2D eigenvalue weighted by Crippen LogP contribution is -2.49. The SMILES string of the molecule is COC(=O)[C@@](OCc1ccccc1)(c1cccc(Cl)c1)[C@H](O)C#C[Si](C)(C)C. The van der Waals surface area contributed by atoms with Gasteiger partial charge in [0.2, 0.25) is 5.60 Å². The first-order chi connectivity index (χ1) is 13.2. The molecule has 0 radical (unpaired) electrons. The van der Waals surface area contributed by atoms with Crippen molar-refractivity contribution in [1.29, 1.82) is 0 Å². The lowest BCUT2D eigenvalue weighted by Gasteiger charge is -2.33. The van der Waals surface area contributed by atoms with Crippen LogP contribution in [0.25, 0.3) is 0 Å². The first-order valence-corrected chi connectivity index (χ1v) is 12.8. The molecule has 2 aromatic rings. The fraction of sp³-hybridized carbons (Fsp3) is 0.318. The van der Waals surface area contributed by atoms with Crippen molar-refractivity contribution in [2.45, 2.75) is 38.0 Å². The Bertz CT molecular complexity index is 867. The van der Waals surface area contributed by atoms with Gasteiger partial charge in [-0.15, -0.1) is 5.54 Å². The molecule has 1 N–H and O–H groups in total. The van der Waals surface area contributed by atoms with Crippen LogP contribution >= 0.6 is 11.6 Å². The Hall–Kier alpha value is -2.10. The van der Waals surface area contributed by atoms with Gasteiger partial charge < -0.3 is 14.6 Å². The minimum Gasteiger partial charge on any atom is -0.467 e. The van der Waals surface area contributed by atoms with Gasteiger partial charge in [0.1, 0.15) is 8.07 Å². The molecule has 0 aliphatic heterocycles. The molecule has 0 amide bonds. The Morgan fingerprint density at radius 2 is 1.86 bits per heavy atom. The summed E-state index contributed by atoms with van der Waals surface area (Å²) in [6, 6.07) is 16.0. The van der Waals surface area contributed by atoms with Crippen LogP contribution in [0.15, 0.2) is 54.6 Å². The lowest BCUT2D eigenvalue weighted by molar-refractivity contribution is -0.187. The number of methoxy groups -OCH3 is 1. The summed E-state index contributed by atoms with van der Waals surface area (Å²) >= 11 is 6.15. The van der Waals surface area contributed by atoms with Crippen molar-refractivity contribution in [3.05, 3.63) is 70.7 Å². The van der Waals surface area contributed by atoms with Crippen LogP contribution in [0.3, 0.4) is 0 Å². The molecule has 0 heterocycles. The van der Waals surface area contributed by atoms with E-state index in [1.165, 1.54) is 7.11 Å². The Balaban J connectivity index is 2.57. The maximum atomic E-state index is 12.9. The molecule has 6 heteroatoms. The number of aliphatic hydroxyl groups excluding tert-OH is 1. The van der Waals surface area contributed by atoms with E-state index in [1.54, 1.807) is 24.3 Å². The van der Waals surface area contributed by atoms with Crippen LogP contribution < -0.4 is 0 Å². The van der Waals surface area contributed by atoms with Gasteiger partial charge in [0.25, 0.3) is 0 Å². The van der Waals surface area contributed by atoms with E-state index in [-0.39, 0.29) is 6.61 Å². The van der Waals surface area contributed by atoms with E-state index >= 15 is 0 Å². The minimum atomic E-state index is -1.82. The van der Waals surface area contributed by atoms with Crippen molar-refractivity contribution >= 4 is 25.6 Å². The smallest absolute Gasteiger partial charge is 0.346 e. The van der Waals surface area contributed by atoms with Gasteiger partial charge in [-0.25, -0.2) is 4.79 Å². The Morgan fingerprint density at radius 3 is 2.43 bits per heavy atom. The molecule has 0 aliphatic rings. The average molecular weight is 417 g/mol. The fourth-order valence-electron chi connectivity index (χ4n) is 2.64. The third-order valence-corrected chi connectivity index (χ3v) is 5.15. The fourth-order valence-corrected chi connectivity index (χ4v) is 3.40. The first kappa shape index (κ1) is 22.2. The van der Waals surface area contributed by atoms with Crippen LogP contribution in [0, 0.1) is 11.5 Å². The van der Waals surface area contributed by atoms with E-state index < -0.39 is 25.7 Å².